The Hall–Kier alpha value is -2.10. The average Bonchev–Trinajstić information content (AvgIpc) is 2.38. The van der Waals surface area contributed by atoms with Crippen LogP contribution in [0.15, 0.2) is 24.3 Å². The molecule has 0 aliphatic heterocycles. The van der Waals surface area contributed by atoms with Crippen molar-refractivity contribution >= 4 is 11.7 Å². The Kier molecular flexibility index (Phi) is 4.66. The molecule has 0 radical (unpaired) electrons. The predicted octanol–water partition coefficient (Wildman–Crippen LogP) is 0.423. The van der Waals surface area contributed by atoms with E-state index in [9.17, 15) is 4.79 Å². The molecule has 18 heavy (non-hydrogen) atoms. The quantitative estimate of drug-likeness (QED) is 0.620. The lowest BCUT2D eigenvalue weighted by molar-refractivity contribution is 0.111. The molecule has 1 aromatic carbocycles. The van der Waals surface area contributed by atoms with E-state index >= 15 is 0 Å². The molecule has 0 unspecified atom stereocenters. The average molecular weight is 249 g/mol. The second kappa shape index (κ2) is 6.00. The number of hydrogen-bond donors (Lipinski definition) is 4. The fourth-order valence-corrected chi connectivity index (χ4v) is 1.23. The third-order valence-electron chi connectivity index (χ3n) is 2.36. The molecule has 0 aliphatic carbocycles. The number of nitrogens with zero attached hydrogens (tertiary/aromatic N) is 1. The molecule has 0 spiro atoms. The Balaban J connectivity index is 2.68. The van der Waals surface area contributed by atoms with Crippen molar-refractivity contribution < 1.29 is 15.0 Å². The summed E-state index contributed by atoms with van der Waals surface area (Å²) in [5.41, 5.74) is -0.193. The topological polar surface area (TPSA) is 105 Å². The summed E-state index contributed by atoms with van der Waals surface area (Å²) < 4.78 is 0. The Bertz CT molecular complexity index is 464. The Labute approximate surface area is 105 Å². The smallest absolute Gasteiger partial charge is 0.319 e. The van der Waals surface area contributed by atoms with E-state index in [-0.39, 0.29) is 13.2 Å². The molecule has 0 aliphatic rings. The zero-order valence-electron chi connectivity index (χ0n) is 9.97. The highest BCUT2D eigenvalue weighted by atomic mass is 16.3. The first-order valence-corrected chi connectivity index (χ1v) is 5.34. The molecule has 0 bridgehead atoms. The van der Waals surface area contributed by atoms with E-state index in [1.165, 1.54) is 13.0 Å². The number of amides is 2. The summed E-state index contributed by atoms with van der Waals surface area (Å²) in [6.07, 6.45) is 0. The number of nitrogens with one attached hydrogen (secondary N) is 2. The highest BCUT2D eigenvalue weighted by molar-refractivity contribution is 5.89. The zero-order valence-corrected chi connectivity index (χ0v) is 9.97. The van der Waals surface area contributed by atoms with Gasteiger partial charge in [0.25, 0.3) is 0 Å². The maximum Gasteiger partial charge on any atom is 0.319 e. The van der Waals surface area contributed by atoms with Crippen LogP contribution >= 0.6 is 0 Å². The number of carbonyl (C=O) groups is 1. The van der Waals surface area contributed by atoms with Gasteiger partial charge in [0.15, 0.2) is 0 Å². The predicted molar refractivity (Wildman–Crippen MR) is 65.9 cm³/mol. The molecule has 0 aromatic heterocycles. The SMILES string of the molecule is CC(CO)(CO)NC(=O)Nc1cccc(C#N)c1. The Morgan fingerprint density at radius 1 is 1.44 bits per heavy atom. The molecule has 1 aromatic rings. The third-order valence-corrected chi connectivity index (χ3v) is 2.36. The number of anilines is 1. The van der Waals surface area contributed by atoms with E-state index in [0.717, 1.165) is 0 Å². The van der Waals surface area contributed by atoms with Gasteiger partial charge in [0.05, 0.1) is 30.4 Å². The minimum atomic E-state index is -1.09. The first-order valence-electron chi connectivity index (χ1n) is 5.34. The van der Waals surface area contributed by atoms with E-state index in [1.807, 2.05) is 6.07 Å². The molecule has 6 heteroatoms. The normalized spacial score (nSPS) is 10.6. The molecule has 4 N–H and O–H groups in total. The van der Waals surface area contributed by atoms with Crippen molar-refractivity contribution in [2.75, 3.05) is 18.5 Å². The van der Waals surface area contributed by atoms with Gasteiger partial charge in [-0.1, -0.05) is 6.07 Å². The van der Waals surface area contributed by atoms with Crippen LogP contribution in [0.25, 0.3) is 0 Å². The van der Waals surface area contributed by atoms with Gasteiger partial charge in [0, 0.05) is 5.69 Å². The standard InChI is InChI=1S/C12H15N3O3/c1-12(7-16,8-17)15-11(18)14-10-4-2-3-9(5-10)6-13/h2-5,16-17H,7-8H2,1H3,(H2,14,15,18). The lowest BCUT2D eigenvalue weighted by atomic mass is 10.1. The highest BCUT2D eigenvalue weighted by Gasteiger charge is 2.24. The van der Waals surface area contributed by atoms with Crippen molar-refractivity contribution in [3.63, 3.8) is 0 Å². The van der Waals surface area contributed by atoms with E-state index in [1.54, 1.807) is 18.2 Å². The molecule has 1 rings (SSSR count). The van der Waals surface area contributed by atoms with Gasteiger partial charge in [0.1, 0.15) is 0 Å². The number of nitriles is 1. The fourth-order valence-electron chi connectivity index (χ4n) is 1.23. The maximum atomic E-state index is 11.6. The van der Waals surface area contributed by atoms with Crippen LogP contribution < -0.4 is 10.6 Å². The fraction of sp³-hybridized carbons (Fsp3) is 0.333. The van der Waals surface area contributed by atoms with Crippen molar-refractivity contribution in [1.82, 2.24) is 5.32 Å². The number of benzene rings is 1. The second-order valence-corrected chi connectivity index (χ2v) is 4.15. The number of carbonyl (C=O) groups excluding carboxylic acids is 1. The molecule has 0 saturated carbocycles. The Morgan fingerprint density at radius 2 is 2.11 bits per heavy atom. The Morgan fingerprint density at radius 3 is 2.67 bits per heavy atom. The minimum absolute atomic E-state index is 0.380. The van der Waals surface area contributed by atoms with Crippen LogP contribution in [-0.2, 0) is 0 Å². The van der Waals surface area contributed by atoms with Crippen LogP contribution in [0, 0.1) is 11.3 Å². The van der Waals surface area contributed by atoms with Gasteiger partial charge in [-0.05, 0) is 25.1 Å². The van der Waals surface area contributed by atoms with Gasteiger partial charge in [-0.2, -0.15) is 5.26 Å². The summed E-state index contributed by atoms with van der Waals surface area (Å²) in [6.45, 7) is 0.753. The number of aliphatic hydroxyl groups is 2. The van der Waals surface area contributed by atoms with E-state index in [4.69, 9.17) is 15.5 Å². The van der Waals surface area contributed by atoms with E-state index < -0.39 is 11.6 Å². The van der Waals surface area contributed by atoms with Crippen LogP contribution in [0.2, 0.25) is 0 Å². The maximum absolute atomic E-state index is 11.6. The van der Waals surface area contributed by atoms with Crippen molar-refractivity contribution in [3.8, 4) is 6.07 Å². The minimum Gasteiger partial charge on any atom is -0.394 e. The highest BCUT2D eigenvalue weighted by Crippen LogP contribution is 2.10. The number of rotatable bonds is 4. The third kappa shape index (κ3) is 3.73. The molecule has 0 heterocycles. The summed E-state index contributed by atoms with van der Waals surface area (Å²) in [4.78, 5) is 11.6. The summed E-state index contributed by atoms with van der Waals surface area (Å²) in [5.74, 6) is 0. The van der Waals surface area contributed by atoms with Crippen molar-refractivity contribution in [1.29, 1.82) is 5.26 Å². The molecule has 0 fully saturated rings. The van der Waals surface area contributed by atoms with Crippen molar-refractivity contribution in [3.05, 3.63) is 29.8 Å². The number of aliphatic hydroxyl groups excluding tert-OH is 2. The lowest BCUT2D eigenvalue weighted by Crippen LogP contribution is -2.53. The molecular weight excluding hydrogens is 234 g/mol. The first-order chi connectivity index (χ1) is 8.53. The molecule has 0 atom stereocenters. The molecule has 2 amide bonds. The van der Waals surface area contributed by atoms with Crippen LogP contribution in [-0.4, -0.2) is 35.0 Å². The molecular formula is C12H15N3O3. The summed E-state index contributed by atoms with van der Waals surface area (Å²) in [5, 5.41) is 31.8. The van der Waals surface area contributed by atoms with E-state index in [0.29, 0.717) is 11.3 Å². The van der Waals surface area contributed by atoms with Crippen molar-refractivity contribution in [2.24, 2.45) is 0 Å². The van der Waals surface area contributed by atoms with Gasteiger partial charge in [0.2, 0.25) is 0 Å². The largest absolute Gasteiger partial charge is 0.394 e. The van der Waals surface area contributed by atoms with Crippen LogP contribution in [0.5, 0.6) is 0 Å². The summed E-state index contributed by atoms with van der Waals surface area (Å²) in [7, 11) is 0. The molecule has 0 saturated heterocycles. The van der Waals surface area contributed by atoms with Gasteiger partial charge in [-0.25, -0.2) is 4.79 Å². The van der Waals surface area contributed by atoms with Gasteiger partial charge in [-0.3, -0.25) is 0 Å². The number of hydrogen-bond acceptors (Lipinski definition) is 4. The van der Waals surface area contributed by atoms with E-state index in [2.05, 4.69) is 10.6 Å². The lowest BCUT2D eigenvalue weighted by Gasteiger charge is -2.26. The number of urea groups is 1. The van der Waals surface area contributed by atoms with Crippen LogP contribution in [0.1, 0.15) is 12.5 Å². The van der Waals surface area contributed by atoms with Gasteiger partial charge < -0.3 is 20.8 Å². The van der Waals surface area contributed by atoms with Crippen LogP contribution in [0.3, 0.4) is 0 Å². The van der Waals surface area contributed by atoms with Gasteiger partial charge >= 0.3 is 6.03 Å². The van der Waals surface area contributed by atoms with Gasteiger partial charge in [-0.15, -0.1) is 0 Å². The second-order valence-electron chi connectivity index (χ2n) is 4.15. The summed E-state index contributed by atoms with van der Waals surface area (Å²) >= 11 is 0. The monoisotopic (exact) mass is 249 g/mol. The molecule has 96 valence electrons. The van der Waals surface area contributed by atoms with Crippen molar-refractivity contribution in [2.45, 2.75) is 12.5 Å². The zero-order chi connectivity index (χ0) is 13.6. The molecule has 6 nitrogen and oxygen atoms in total. The van der Waals surface area contributed by atoms with Crippen LogP contribution in [0.4, 0.5) is 10.5 Å². The summed E-state index contributed by atoms with van der Waals surface area (Å²) in [6, 6.07) is 7.82. The first kappa shape index (κ1) is 14.0.